The number of amides is 2. The number of nitrogens with zero attached hydrogens (tertiary/aromatic N) is 4. The molecular weight excluding hydrogens is 439 g/mol. The number of carbonyl (C=O) groups is 2. The molecule has 2 fully saturated rings. The first-order chi connectivity index (χ1) is 15.8. The Labute approximate surface area is 188 Å². The number of H-pyrrole nitrogens is 1. The molecule has 0 unspecified atom stereocenters. The summed E-state index contributed by atoms with van der Waals surface area (Å²) < 4.78 is 43.3. The number of likely N-dealkylation sites (tertiary alicyclic amines) is 2. The number of fused-ring (bicyclic) bond motifs is 2. The third-order valence-electron chi connectivity index (χ3n) is 6.92. The van der Waals surface area contributed by atoms with Gasteiger partial charge in [0.2, 0.25) is 5.91 Å². The van der Waals surface area contributed by atoms with Crippen molar-refractivity contribution >= 4 is 12.0 Å². The SMILES string of the molecule is O=C(OCc1ccc(C(F)(F)F)cc1)N1C[C@@H]2CN(C(=O)[C@@H]3CCc4n[nH]nc4C3)C[C@H]2C1. The second-order valence-corrected chi connectivity index (χ2v) is 9.07. The number of aryl methyl sites for hydroxylation is 1. The van der Waals surface area contributed by atoms with Crippen molar-refractivity contribution in [3.63, 3.8) is 0 Å². The van der Waals surface area contributed by atoms with E-state index in [0.717, 1.165) is 36.4 Å². The summed E-state index contributed by atoms with van der Waals surface area (Å²) in [4.78, 5) is 29.0. The number of aromatic nitrogens is 3. The number of carbonyl (C=O) groups excluding carboxylic acids is 2. The zero-order chi connectivity index (χ0) is 23.2. The van der Waals surface area contributed by atoms with Gasteiger partial charge in [0, 0.05) is 50.4 Å². The van der Waals surface area contributed by atoms with Gasteiger partial charge in [-0.1, -0.05) is 12.1 Å². The van der Waals surface area contributed by atoms with Crippen molar-refractivity contribution in [2.24, 2.45) is 17.8 Å². The van der Waals surface area contributed by atoms with Gasteiger partial charge >= 0.3 is 12.3 Å². The van der Waals surface area contributed by atoms with E-state index in [2.05, 4.69) is 15.4 Å². The predicted octanol–water partition coefficient (Wildman–Crippen LogP) is 2.66. The van der Waals surface area contributed by atoms with Crippen LogP contribution in [0.3, 0.4) is 0 Å². The molecule has 176 valence electrons. The van der Waals surface area contributed by atoms with Crippen molar-refractivity contribution in [2.45, 2.75) is 32.0 Å². The van der Waals surface area contributed by atoms with Gasteiger partial charge in [-0.3, -0.25) is 4.79 Å². The largest absolute Gasteiger partial charge is 0.445 e. The Morgan fingerprint density at radius 3 is 2.30 bits per heavy atom. The van der Waals surface area contributed by atoms with Crippen molar-refractivity contribution in [1.29, 1.82) is 0 Å². The van der Waals surface area contributed by atoms with Crippen LogP contribution in [0.4, 0.5) is 18.0 Å². The quantitative estimate of drug-likeness (QED) is 0.756. The highest BCUT2D eigenvalue weighted by atomic mass is 19.4. The summed E-state index contributed by atoms with van der Waals surface area (Å²) in [6.07, 6.45) is -2.74. The third-order valence-corrected chi connectivity index (χ3v) is 6.92. The van der Waals surface area contributed by atoms with Crippen LogP contribution in [0.25, 0.3) is 0 Å². The zero-order valence-electron chi connectivity index (χ0n) is 17.8. The van der Waals surface area contributed by atoms with Gasteiger partial charge in [-0.15, -0.1) is 0 Å². The van der Waals surface area contributed by atoms with Crippen LogP contribution in [0.5, 0.6) is 0 Å². The number of aromatic amines is 1. The number of nitrogens with one attached hydrogen (secondary N) is 1. The topological polar surface area (TPSA) is 91.4 Å². The van der Waals surface area contributed by atoms with Crippen LogP contribution in [-0.4, -0.2) is 63.4 Å². The standard InChI is InChI=1S/C22H24F3N5O3/c23-22(24,25)17-4-1-13(2-5-17)12-33-21(32)30-10-15-8-29(9-16(15)11-30)20(31)14-3-6-18-19(7-14)27-28-26-18/h1-2,4-5,14-16H,3,6-12H2,(H,26,27,28)/t14-,15+,16+/m1/s1. The first kappa shape index (κ1) is 21.7. The lowest BCUT2D eigenvalue weighted by Gasteiger charge is -2.27. The molecule has 0 saturated carbocycles. The van der Waals surface area contributed by atoms with Gasteiger partial charge in [0.15, 0.2) is 0 Å². The number of hydrogen-bond donors (Lipinski definition) is 1. The van der Waals surface area contributed by atoms with Crippen molar-refractivity contribution < 1.29 is 27.5 Å². The molecule has 33 heavy (non-hydrogen) atoms. The van der Waals surface area contributed by atoms with Crippen LogP contribution in [0.15, 0.2) is 24.3 Å². The molecule has 2 aliphatic heterocycles. The summed E-state index contributed by atoms with van der Waals surface area (Å²) in [6, 6.07) is 4.58. The van der Waals surface area contributed by atoms with Crippen LogP contribution < -0.4 is 0 Å². The Morgan fingerprint density at radius 2 is 1.64 bits per heavy atom. The van der Waals surface area contributed by atoms with Crippen molar-refractivity contribution in [2.75, 3.05) is 26.2 Å². The van der Waals surface area contributed by atoms with Gasteiger partial charge in [0.25, 0.3) is 0 Å². The lowest BCUT2D eigenvalue weighted by Crippen LogP contribution is -2.40. The smallest absolute Gasteiger partial charge is 0.416 e. The number of benzene rings is 1. The molecule has 0 radical (unpaired) electrons. The summed E-state index contributed by atoms with van der Waals surface area (Å²) in [7, 11) is 0. The lowest BCUT2D eigenvalue weighted by atomic mass is 9.89. The fourth-order valence-electron chi connectivity index (χ4n) is 5.10. The van der Waals surface area contributed by atoms with Crippen LogP contribution in [0.1, 0.15) is 28.9 Å². The van der Waals surface area contributed by atoms with Gasteiger partial charge in [-0.2, -0.15) is 28.6 Å². The summed E-state index contributed by atoms with van der Waals surface area (Å²) in [5.74, 6) is 0.484. The van der Waals surface area contributed by atoms with E-state index in [0.29, 0.717) is 38.2 Å². The van der Waals surface area contributed by atoms with Crippen molar-refractivity contribution in [3.8, 4) is 0 Å². The van der Waals surface area contributed by atoms with Gasteiger partial charge in [-0.05, 0) is 30.5 Å². The summed E-state index contributed by atoms with van der Waals surface area (Å²) in [5, 5.41) is 10.9. The number of rotatable bonds is 3. The molecule has 1 N–H and O–H groups in total. The fraction of sp³-hybridized carbons (Fsp3) is 0.545. The minimum Gasteiger partial charge on any atom is -0.445 e. The van der Waals surface area contributed by atoms with E-state index in [9.17, 15) is 22.8 Å². The normalized spacial score (nSPS) is 24.5. The maximum atomic E-state index is 13.0. The van der Waals surface area contributed by atoms with E-state index in [1.807, 2.05) is 4.90 Å². The van der Waals surface area contributed by atoms with Gasteiger partial charge < -0.3 is 14.5 Å². The number of halogens is 3. The molecule has 5 rings (SSSR count). The molecule has 3 heterocycles. The molecule has 3 aliphatic rings. The van der Waals surface area contributed by atoms with E-state index in [1.54, 1.807) is 4.90 Å². The highest BCUT2D eigenvalue weighted by Crippen LogP contribution is 2.34. The first-order valence-corrected chi connectivity index (χ1v) is 11.0. The van der Waals surface area contributed by atoms with Crippen LogP contribution in [-0.2, 0) is 35.2 Å². The van der Waals surface area contributed by atoms with Crippen molar-refractivity contribution in [1.82, 2.24) is 25.2 Å². The molecule has 2 aromatic rings. The molecule has 1 aliphatic carbocycles. The minimum absolute atomic E-state index is 0.0776. The fourth-order valence-corrected chi connectivity index (χ4v) is 5.10. The second-order valence-electron chi connectivity index (χ2n) is 9.07. The average Bonchev–Trinajstić information content (AvgIpc) is 3.50. The molecular formula is C22H24F3N5O3. The number of hydrogen-bond acceptors (Lipinski definition) is 5. The molecule has 2 amide bonds. The first-order valence-electron chi connectivity index (χ1n) is 11.0. The van der Waals surface area contributed by atoms with Gasteiger partial charge in [-0.25, -0.2) is 4.79 Å². The van der Waals surface area contributed by atoms with Gasteiger partial charge in [0.05, 0.1) is 17.0 Å². The van der Waals surface area contributed by atoms with Crippen LogP contribution in [0.2, 0.25) is 0 Å². The number of alkyl halides is 3. The molecule has 1 aromatic carbocycles. The Bertz CT molecular complexity index is 1020. The van der Waals surface area contributed by atoms with Crippen molar-refractivity contribution in [3.05, 3.63) is 46.8 Å². The van der Waals surface area contributed by atoms with Crippen LogP contribution >= 0.6 is 0 Å². The molecule has 8 nitrogen and oxygen atoms in total. The Balaban J connectivity index is 1.10. The number of ether oxygens (including phenoxy) is 1. The van der Waals surface area contributed by atoms with E-state index < -0.39 is 17.8 Å². The second kappa shape index (κ2) is 8.35. The molecule has 1 aromatic heterocycles. The van der Waals surface area contributed by atoms with E-state index in [1.165, 1.54) is 12.1 Å². The van der Waals surface area contributed by atoms with Crippen LogP contribution in [0, 0.1) is 17.8 Å². The highest BCUT2D eigenvalue weighted by molar-refractivity contribution is 5.80. The molecule has 0 spiro atoms. The maximum Gasteiger partial charge on any atom is 0.416 e. The lowest BCUT2D eigenvalue weighted by molar-refractivity contribution is -0.137. The third kappa shape index (κ3) is 4.40. The summed E-state index contributed by atoms with van der Waals surface area (Å²) >= 11 is 0. The Morgan fingerprint density at radius 1 is 1.00 bits per heavy atom. The molecule has 0 bridgehead atoms. The maximum absolute atomic E-state index is 13.0. The minimum atomic E-state index is -4.39. The predicted molar refractivity (Wildman–Crippen MR) is 109 cm³/mol. The average molecular weight is 463 g/mol. The summed E-state index contributed by atoms with van der Waals surface area (Å²) in [6.45, 7) is 2.18. The van der Waals surface area contributed by atoms with E-state index in [4.69, 9.17) is 4.74 Å². The van der Waals surface area contributed by atoms with E-state index >= 15 is 0 Å². The summed E-state index contributed by atoms with van der Waals surface area (Å²) in [5.41, 5.74) is 1.58. The molecule has 2 saturated heterocycles. The molecule has 3 atom stereocenters. The van der Waals surface area contributed by atoms with Gasteiger partial charge in [0.1, 0.15) is 6.61 Å². The molecule has 11 heteroatoms. The Kier molecular flexibility index (Phi) is 5.49. The highest BCUT2D eigenvalue weighted by Gasteiger charge is 2.45. The monoisotopic (exact) mass is 463 g/mol. The Hall–Kier alpha value is -3.11. The van der Waals surface area contributed by atoms with E-state index in [-0.39, 0.29) is 30.3 Å². The zero-order valence-corrected chi connectivity index (χ0v) is 17.8.